The van der Waals surface area contributed by atoms with E-state index < -0.39 is 0 Å². The number of ether oxygens (including phenoxy) is 2. The number of rotatable bonds is 5. The van der Waals surface area contributed by atoms with Crippen molar-refractivity contribution < 1.29 is 14.0 Å². The molecule has 1 fully saturated rings. The van der Waals surface area contributed by atoms with Gasteiger partial charge in [-0.1, -0.05) is 16.8 Å². The summed E-state index contributed by atoms with van der Waals surface area (Å²) in [6, 6.07) is 3.70. The minimum absolute atomic E-state index is 0.295. The minimum Gasteiger partial charge on any atom is -0.493 e. The van der Waals surface area contributed by atoms with Crippen molar-refractivity contribution >= 4 is 11.6 Å². The van der Waals surface area contributed by atoms with Crippen LogP contribution in [0.4, 0.5) is 0 Å². The third kappa shape index (κ3) is 3.65. The Labute approximate surface area is 146 Å². The molecule has 1 unspecified atom stereocenters. The van der Waals surface area contributed by atoms with Crippen molar-refractivity contribution in [2.24, 2.45) is 0 Å². The van der Waals surface area contributed by atoms with Gasteiger partial charge in [-0.05, 0) is 25.5 Å². The Kier molecular flexibility index (Phi) is 5.26. The number of methoxy groups -OCH3 is 2. The second kappa shape index (κ2) is 7.40. The molecular formula is C17H22ClN3O3. The summed E-state index contributed by atoms with van der Waals surface area (Å²) in [5, 5.41) is 4.72. The van der Waals surface area contributed by atoms with Crippen molar-refractivity contribution in [1.29, 1.82) is 0 Å². The van der Waals surface area contributed by atoms with E-state index in [0.29, 0.717) is 22.6 Å². The molecule has 0 aliphatic carbocycles. The van der Waals surface area contributed by atoms with Gasteiger partial charge < -0.3 is 14.0 Å². The van der Waals surface area contributed by atoms with Crippen LogP contribution in [-0.2, 0) is 6.54 Å². The smallest absolute Gasteiger partial charge is 0.223 e. The molecule has 3 rings (SSSR count). The fourth-order valence-corrected chi connectivity index (χ4v) is 3.49. The number of aryl methyl sites for hydroxylation is 1. The van der Waals surface area contributed by atoms with Crippen LogP contribution in [0.1, 0.15) is 36.0 Å². The third-order valence-corrected chi connectivity index (χ3v) is 4.55. The van der Waals surface area contributed by atoms with E-state index in [4.69, 9.17) is 25.6 Å². The van der Waals surface area contributed by atoms with Crippen LogP contribution in [0.5, 0.6) is 11.5 Å². The molecular weight excluding hydrogens is 330 g/mol. The largest absolute Gasteiger partial charge is 0.493 e. The van der Waals surface area contributed by atoms with E-state index in [1.807, 2.05) is 13.0 Å². The summed E-state index contributed by atoms with van der Waals surface area (Å²) in [5.74, 6) is 3.10. The van der Waals surface area contributed by atoms with E-state index in [9.17, 15) is 0 Å². The molecule has 0 radical (unpaired) electrons. The van der Waals surface area contributed by atoms with Crippen LogP contribution in [0.15, 0.2) is 16.7 Å². The van der Waals surface area contributed by atoms with Crippen LogP contribution >= 0.6 is 11.6 Å². The number of halogens is 1. The Morgan fingerprint density at radius 2 is 2.17 bits per heavy atom. The molecule has 0 bridgehead atoms. The summed E-state index contributed by atoms with van der Waals surface area (Å²) in [7, 11) is 3.27. The number of hydrogen-bond donors (Lipinski definition) is 0. The predicted octanol–water partition coefficient (Wildman–Crippen LogP) is 3.43. The average Bonchev–Trinajstić information content (AvgIpc) is 3.01. The summed E-state index contributed by atoms with van der Waals surface area (Å²) >= 11 is 6.22. The van der Waals surface area contributed by atoms with Crippen LogP contribution in [-0.4, -0.2) is 42.3 Å². The predicted molar refractivity (Wildman–Crippen MR) is 90.8 cm³/mol. The number of nitrogens with zero attached hydrogens (tertiary/aromatic N) is 3. The first-order valence-electron chi connectivity index (χ1n) is 8.03. The molecule has 2 heterocycles. The van der Waals surface area contributed by atoms with Crippen molar-refractivity contribution in [2.45, 2.75) is 32.2 Å². The van der Waals surface area contributed by atoms with Crippen molar-refractivity contribution in [3.63, 3.8) is 0 Å². The van der Waals surface area contributed by atoms with E-state index in [2.05, 4.69) is 15.0 Å². The molecule has 24 heavy (non-hydrogen) atoms. The van der Waals surface area contributed by atoms with Gasteiger partial charge in [0.1, 0.15) is 0 Å². The molecule has 1 aromatic carbocycles. The molecule has 1 aromatic heterocycles. The normalized spacial score (nSPS) is 18.6. The highest BCUT2D eigenvalue weighted by molar-refractivity contribution is 6.30. The monoisotopic (exact) mass is 351 g/mol. The van der Waals surface area contributed by atoms with Crippen molar-refractivity contribution in [3.8, 4) is 11.5 Å². The van der Waals surface area contributed by atoms with Crippen LogP contribution in [0, 0.1) is 6.92 Å². The first-order valence-corrected chi connectivity index (χ1v) is 8.41. The molecule has 0 spiro atoms. The summed E-state index contributed by atoms with van der Waals surface area (Å²) in [6.45, 7) is 4.47. The van der Waals surface area contributed by atoms with Gasteiger partial charge in [0, 0.05) is 42.6 Å². The van der Waals surface area contributed by atoms with Gasteiger partial charge in [-0.2, -0.15) is 4.98 Å². The molecule has 0 saturated carbocycles. The maximum Gasteiger partial charge on any atom is 0.223 e. The van der Waals surface area contributed by atoms with Gasteiger partial charge in [0.05, 0.1) is 14.2 Å². The van der Waals surface area contributed by atoms with E-state index in [0.717, 1.165) is 49.6 Å². The number of likely N-dealkylation sites (tertiary alicyclic amines) is 1. The Hall–Kier alpha value is -1.79. The van der Waals surface area contributed by atoms with Gasteiger partial charge in [-0.3, -0.25) is 4.90 Å². The fourth-order valence-electron chi connectivity index (χ4n) is 3.26. The summed E-state index contributed by atoms with van der Waals surface area (Å²) in [6.07, 6.45) is 2.17. The van der Waals surface area contributed by atoms with Gasteiger partial charge in [-0.15, -0.1) is 0 Å². The van der Waals surface area contributed by atoms with Crippen LogP contribution in [0.25, 0.3) is 0 Å². The van der Waals surface area contributed by atoms with E-state index in [1.165, 1.54) is 0 Å². The fraction of sp³-hybridized carbons (Fsp3) is 0.529. The van der Waals surface area contributed by atoms with E-state index in [1.54, 1.807) is 20.3 Å². The van der Waals surface area contributed by atoms with E-state index >= 15 is 0 Å². The highest BCUT2D eigenvalue weighted by Gasteiger charge is 2.26. The van der Waals surface area contributed by atoms with Crippen LogP contribution < -0.4 is 9.47 Å². The highest BCUT2D eigenvalue weighted by atomic mass is 35.5. The second-order valence-electron chi connectivity index (χ2n) is 6.05. The lowest BCUT2D eigenvalue weighted by molar-refractivity contribution is 0.192. The standard InChI is InChI=1S/C17H22ClN3O3/c1-11-19-17(20-24-11)12-5-4-6-21(9-12)10-13-7-14(18)8-15(22-2)16(13)23-3/h7-8,12H,4-6,9-10H2,1-3H3. The second-order valence-corrected chi connectivity index (χ2v) is 6.48. The molecule has 1 saturated heterocycles. The summed E-state index contributed by atoms with van der Waals surface area (Å²) in [5.41, 5.74) is 1.02. The Morgan fingerprint density at radius 3 is 2.83 bits per heavy atom. The summed E-state index contributed by atoms with van der Waals surface area (Å²) in [4.78, 5) is 6.75. The van der Waals surface area contributed by atoms with Crippen LogP contribution in [0.3, 0.4) is 0 Å². The first-order chi connectivity index (χ1) is 11.6. The molecule has 0 N–H and O–H groups in total. The SMILES string of the molecule is COc1cc(Cl)cc(CN2CCCC(c3noc(C)n3)C2)c1OC. The molecule has 7 heteroatoms. The maximum atomic E-state index is 6.22. The molecule has 6 nitrogen and oxygen atoms in total. The molecule has 2 aromatic rings. The lowest BCUT2D eigenvalue weighted by Crippen LogP contribution is -2.34. The zero-order valence-electron chi connectivity index (χ0n) is 14.2. The number of benzene rings is 1. The average molecular weight is 352 g/mol. The Bertz CT molecular complexity index is 704. The summed E-state index contributed by atoms with van der Waals surface area (Å²) < 4.78 is 16.0. The van der Waals surface area contributed by atoms with Gasteiger partial charge in [0.2, 0.25) is 5.89 Å². The highest BCUT2D eigenvalue weighted by Crippen LogP contribution is 2.36. The van der Waals surface area contributed by atoms with Crippen molar-refractivity contribution in [3.05, 3.63) is 34.4 Å². The zero-order chi connectivity index (χ0) is 17.1. The quantitative estimate of drug-likeness (QED) is 0.822. The maximum absolute atomic E-state index is 6.22. The lowest BCUT2D eigenvalue weighted by Gasteiger charge is -2.31. The van der Waals surface area contributed by atoms with Crippen molar-refractivity contribution in [1.82, 2.24) is 15.0 Å². The van der Waals surface area contributed by atoms with Gasteiger partial charge in [0.25, 0.3) is 0 Å². The number of piperidine rings is 1. The molecule has 130 valence electrons. The Morgan fingerprint density at radius 1 is 1.33 bits per heavy atom. The van der Waals surface area contributed by atoms with Gasteiger partial charge in [0.15, 0.2) is 17.3 Å². The first kappa shape index (κ1) is 17.0. The molecule has 1 atom stereocenters. The minimum atomic E-state index is 0.295. The number of hydrogen-bond acceptors (Lipinski definition) is 6. The lowest BCUT2D eigenvalue weighted by atomic mass is 9.97. The van der Waals surface area contributed by atoms with Gasteiger partial charge in [-0.25, -0.2) is 0 Å². The third-order valence-electron chi connectivity index (χ3n) is 4.33. The van der Waals surface area contributed by atoms with Crippen LogP contribution in [0.2, 0.25) is 5.02 Å². The Balaban J connectivity index is 1.77. The molecule has 0 amide bonds. The van der Waals surface area contributed by atoms with E-state index in [-0.39, 0.29) is 0 Å². The van der Waals surface area contributed by atoms with Gasteiger partial charge >= 0.3 is 0 Å². The van der Waals surface area contributed by atoms with Crippen molar-refractivity contribution in [2.75, 3.05) is 27.3 Å². The molecule has 1 aliphatic rings. The topological polar surface area (TPSA) is 60.6 Å². The number of aromatic nitrogens is 2. The zero-order valence-corrected chi connectivity index (χ0v) is 15.0. The molecule has 1 aliphatic heterocycles.